The molecule has 0 aromatic heterocycles. The zero-order valence-electron chi connectivity index (χ0n) is 4.88. The SMILES string of the molecule is CC(=O)NCC(=O)SS. The Labute approximate surface area is 62.4 Å². The van der Waals surface area contributed by atoms with E-state index >= 15 is 0 Å². The topological polar surface area (TPSA) is 46.2 Å². The van der Waals surface area contributed by atoms with Crippen LogP contribution in [-0.2, 0) is 9.59 Å². The van der Waals surface area contributed by atoms with Crippen LogP contribution < -0.4 is 5.32 Å². The quantitative estimate of drug-likeness (QED) is 0.455. The maximum absolute atomic E-state index is 10.4. The molecule has 0 rings (SSSR count). The van der Waals surface area contributed by atoms with Crippen LogP contribution in [0.15, 0.2) is 0 Å². The van der Waals surface area contributed by atoms with Gasteiger partial charge in [-0.25, -0.2) is 0 Å². The Morgan fingerprint density at radius 2 is 2.22 bits per heavy atom. The fourth-order valence-electron chi connectivity index (χ4n) is 0.229. The number of rotatable bonds is 2. The van der Waals surface area contributed by atoms with E-state index in [0.717, 1.165) is 10.8 Å². The zero-order chi connectivity index (χ0) is 7.28. The van der Waals surface area contributed by atoms with Gasteiger partial charge in [0.15, 0.2) is 0 Å². The third-order valence-corrected chi connectivity index (χ3v) is 1.54. The third-order valence-electron chi connectivity index (χ3n) is 0.583. The van der Waals surface area contributed by atoms with Gasteiger partial charge in [0.25, 0.3) is 0 Å². The number of carbonyl (C=O) groups is 2. The molecule has 0 spiro atoms. The number of nitrogens with one attached hydrogen (secondary N) is 1. The van der Waals surface area contributed by atoms with Crippen molar-refractivity contribution in [1.29, 1.82) is 0 Å². The van der Waals surface area contributed by atoms with Crippen molar-refractivity contribution in [3.05, 3.63) is 0 Å². The lowest BCUT2D eigenvalue weighted by Gasteiger charge is -1.95. The van der Waals surface area contributed by atoms with Crippen molar-refractivity contribution in [3.8, 4) is 0 Å². The van der Waals surface area contributed by atoms with Gasteiger partial charge in [-0.2, -0.15) is 0 Å². The van der Waals surface area contributed by atoms with E-state index in [-0.39, 0.29) is 17.6 Å². The molecule has 1 amide bonds. The highest BCUT2D eigenvalue weighted by molar-refractivity contribution is 8.74. The minimum Gasteiger partial charge on any atom is -0.348 e. The third kappa shape index (κ3) is 5.72. The van der Waals surface area contributed by atoms with E-state index < -0.39 is 0 Å². The lowest BCUT2D eigenvalue weighted by atomic mass is 10.6. The Morgan fingerprint density at radius 3 is 2.56 bits per heavy atom. The highest BCUT2D eigenvalue weighted by atomic mass is 33.1. The molecular weight excluding hydrogens is 158 g/mol. The fourth-order valence-corrected chi connectivity index (χ4v) is 0.559. The van der Waals surface area contributed by atoms with Crippen LogP contribution >= 0.6 is 22.5 Å². The molecular formula is C4H7NO2S2. The van der Waals surface area contributed by atoms with Crippen molar-refractivity contribution in [2.24, 2.45) is 0 Å². The molecule has 5 heteroatoms. The van der Waals surface area contributed by atoms with Crippen molar-refractivity contribution in [2.75, 3.05) is 6.54 Å². The van der Waals surface area contributed by atoms with Crippen molar-refractivity contribution < 1.29 is 9.59 Å². The maximum atomic E-state index is 10.4. The Hall–Kier alpha value is -0.160. The first-order valence-corrected chi connectivity index (χ1v) is 4.12. The Kier molecular flexibility index (Phi) is 4.61. The van der Waals surface area contributed by atoms with E-state index in [0.29, 0.717) is 0 Å². The maximum Gasteiger partial charge on any atom is 0.218 e. The minimum absolute atomic E-state index is 0.0590. The standard InChI is InChI=1S/C4H7NO2S2/c1-3(6)5-2-4(7)9-8/h8H,2H2,1H3,(H,5,6). The van der Waals surface area contributed by atoms with Gasteiger partial charge in [-0.05, 0) is 10.8 Å². The highest BCUT2D eigenvalue weighted by Crippen LogP contribution is 2.03. The van der Waals surface area contributed by atoms with Gasteiger partial charge in [0, 0.05) is 6.92 Å². The van der Waals surface area contributed by atoms with E-state index in [1.807, 2.05) is 0 Å². The number of thiol groups is 1. The predicted octanol–water partition coefficient (Wildman–Crippen LogP) is 0.227. The molecule has 0 aromatic rings. The summed E-state index contributed by atoms with van der Waals surface area (Å²) in [7, 11) is 0.808. The summed E-state index contributed by atoms with van der Waals surface area (Å²) < 4.78 is 0. The first kappa shape index (κ1) is 8.84. The molecule has 0 bridgehead atoms. The van der Waals surface area contributed by atoms with Gasteiger partial charge >= 0.3 is 0 Å². The molecule has 0 radical (unpaired) electrons. The lowest BCUT2D eigenvalue weighted by Crippen LogP contribution is -2.24. The van der Waals surface area contributed by atoms with E-state index in [9.17, 15) is 9.59 Å². The van der Waals surface area contributed by atoms with Crippen LogP contribution in [-0.4, -0.2) is 17.6 Å². The number of hydrogen-bond donors (Lipinski definition) is 2. The molecule has 0 saturated carbocycles. The summed E-state index contributed by atoms with van der Waals surface area (Å²) in [5, 5.41) is 2.18. The molecule has 0 fully saturated rings. The summed E-state index contributed by atoms with van der Waals surface area (Å²) in [4.78, 5) is 20.6. The van der Waals surface area contributed by atoms with Crippen molar-refractivity contribution >= 4 is 33.5 Å². The van der Waals surface area contributed by atoms with Crippen LogP contribution in [0.4, 0.5) is 0 Å². The molecule has 0 atom stereocenters. The van der Waals surface area contributed by atoms with Gasteiger partial charge < -0.3 is 5.32 Å². The summed E-state index contributed by atoms with van der Waals surface area (Å²) in [5.74, 6) is -0.203. The van der Waals surface area contributed by atoms with Gasteiger partial charge in [-0.1, -0.05) is 0 Å². The van der Waals surface area contributed by atoms with Crippen LogP contribution in [0.2, 0.25) is 0 Å². The van der Waals surface area contributed by atoms with Gasteiger partial charge in [0.1, 0.15) is 0 Å². The van der Waals surface area contributed by atoms with Crippen molar-refractivity contribution in [3.63, 3.8) is 0 Å². The summed E-state index contributed by atoms with van der Waals surface area (Å²) in [6.07, 6.45) is 0. The van der Waals surface area contributed by atoms with Crippen LogP contribution in [0.25, 0.3) is 0 Å². The predicted molar refractivity (Wildman–Crippen MR) is 40.3 cm³/mol. The van der Waals surface area contributed by atoms with Crippen molar-refractivity contribution in [2.45, 2.75) is 6.92 Å². The van der Waals surface area contributed by atoms with Crippen molar-refractivity contribution in [1.82, 2.24) is 5.32 Å². The molecule has 0 aliphatic heterocycles. The van der Waals surface area contributed by atoms with Crippen LogP contribution in [0.1, 0.15) is 6.92 Å². The summed E-state index contributed by atoms with van der Waals surface area (Å²) in [6, 6.07) is 0. The molecule has 0 aromatic carbocycles. The second kappa shape index (κ2) is 4.69. The molecule has 0 unspecified atom stereocenters. The second-order valence-corrected chi connectivity index (χ2v) is 2.56. The summed E-state index contributed by atoms with van der Waals surface area (Å²) >= 11 is 3.63. The summed E-state index contributed by atoms with van der Waals surface area (Å²) in [6.45, 7) is 1.42. The monoisotopic (exact) mass is 165 g/mol. The van der Waals surface area contributed by atoms with E-state index in [2.05, 4.69) is 17.0 Å². The molecule has 9 heavy (non-hydrogen) atoms. The smallest absolute Gasteiger partial charge is 0.218 e. The van der Waals surface area contributed by atoms with E-state index in [1.54, 1.807) is 0 Å². The largest absolute Gasteiger partial charge is 0.348 e. The number of carbonyl (C=O) groups excluding carboxylic acids is 2. The number of hydrogen-bond acceptors (Lipinski definition) is 4. The zero-order valence-corrected chi connectivity index (χ0v) is 6.59. The Bertz CT molecular complexity index is 126. The van der Waals surface area contributed by atoms with Gasteiger partial charge in [0.05, 0.1) is 6.54 Å². The minimum atomic E-state index is -0.203. The van der Waals surface area contributed by atoms with Crippen LogP contribution in [0, 0.1) is 0 Å². The van der Waals surface area contributed by atoms with E-state index in [4.69, 9.17) is 0 Å². The average molecular weight is 165 g/mol. The average Bonchev–Trinajstić information content (AvgIpc) is 1.83. The first-order chi connectivity index (χ1) is 4.16. The molecule has 52 valence electrons. The highest BCUT2D eigenvalue weighted by Gasteiger charge is 1.98. The van der Waals surface area contributed by atoms with E-state index in [1.165, 1.54) is 6.92 Å². The first-order valence-electron chi connectivity index (χ1n) is 2.25. The molecule has 0 heterocycles. The molecule has 0 aliphatic rings. The molecule has 0 saturated heterocycles. The fraction of sp³-hybridized carbons (Fsp3) is 0.500. The Morgan fingerprint density at radius 1 is 1.67 bits per heavy atom. The summed E-state index contributed by atoms with van der Waals surface area (Å²) in [5.41, 5.74) is 0. The molecule has 3 nitrogen and oxygen atoms in total. The number of amides is 1. The van der Waals surface area contributed by atoms with Gasteiger partial charge in [-0.3, -0.25) is 9.59 Å². The van der Waals surface area contributed by atoms with Crippen LogP contribution in [0.5, 0.6) is 0 Å². The lowest BCUT2D eigenvalue weighted by molar-refractivity contribution is -0.121. The van der Waals surface area contributed by atoms with Gasteiger partial charge in [0.2, 0.25) is 11.0 Å². The molecule has 1 N–H and O–H groups in total. The van der Waals surface area contributed by atoms with Gasteiger partial charge in [-0.15, -0.1) is 11.7 Å². The normalized spacial score (nSPS) is 8.67. The molecule has 0 aliphatic carbocycles. The second-order valence-electron chi connectivity index (χ2n) is 1.37. The van der Waals surface area contributed by atoms with Crippen LogP contribution in [0.3, 0.4) is 0 Å². The Balaban J connectivity index is 3.28.